The summed E-state index contributed by atoms with van der Waals surface area (Å²) in [7, 11) is 1.47. The minimum absolute atomic E-state index is 0.0267. The molecular formula is C80H139NO8P+. The smallest absolute Gasteiger partial charge is 0.462 e. The van der Waals surface area contributed by atoms with Crippen LogP contribution < -0.4 is 0 Å². The van der Waals surface area contributed by atoms with Crippen LogP contribution in [0.1, 0.15) is 309 Å². The van der Waals surface area contributed by atoms with Crippen molar-refractivity contribution in [2.45, 2.75) is 315 Å². The van der Waals surface area contributed by atoms with E-state index in [2.05, 4.69) is 148 Å². The van der Waals surface area contributed by atoms with Crippen LogP contribution in [-0.4, -0.2) is 74.9 Å². The Labute approximate surface area is 555 Å². The highest BCUT2D eigenvalue weighted by atomic mass is 31.2. The molecule has 0 amide bonds. The fourth-order valence-corrected chi connectivity index (χ4v) is 10.8. The summed E-state index contributed by atoms with van der Waals surface area (Å²) in [4.78, 5) is 35.9. The molecule has 0 aromatic heterocycles. The highest BCUT2D eigenvalue weighted by Gasteiger charge is 2.27. The summed E-state index contributed by atoms with van der Waals surface area (Å²) in [6.45, 7) is 4.22. The summed E-state index contributed by atoms with van der Waals surface area (Å²) >= 11 is 0. The second-order valence-corrected chi connectivity index (χ2v) is 27.0. The van der Waals surface area contributed by atoms with Gasteiger partial charge in [-0.15, -0.1) is 0 Å². The molecule has 0 aliphatic rings. The van der Waals surface area contributed by atoms with Crippen molar-refractivity contribution in [1.82, 2.24) is 0 Å². The third kappa shape index (κ3) is 73.2. The molecule has 0 bridgehead atoms. The van der Waals surface area contributed by atoms with Gasteiger partial charge < -0.3 is 18.9 Å². The highest BCUT2D eigenvalue weighted by Crippen LogP contribution is 2.43. The van der Waals surface area contributed by atoms with Crippen LogP contribution >= 0.6 is 7.82 Å². The van der Waals surface area contributed by atoms with Gasteiger partial charge in [-0.2, -0.15) is 0 Å². The maximum Gasteiger partial charge on any atom is 0.472 e. The Balaban J connectivity index is 4.01. The Morgan fingerprint density at radius 3 is 0.889 bits per heavy atom. The molecule has 90 heavy (non-hydrogen) atoms. The summed E-state index contributed by atoms with van der Waals surface area (Å²) in [5.41, 5.74) is 0. The van der Waals surface area contributed by atoms with Crippen LogP contribution in [0, 0.1) is 0 Å². The van der Waals surface area contributed by atoms with Gasteiger partial charge in [-0.1, -0.05) is 321 Å². The molecule has 0 fully saturated rings. The molecule has 9 nitrogen and oxygen atoms in total. The summed E-state index contributed by atoms with van der Waals surface area (Å²) in [5, 5.41) is 0. The van der Waals surface area contributed by atoms with Crippen LogP contribution in [-0.2, 0) is 32.7 Å². The van der Waals surface area contributed by atoms with Gasteiger partial charge in [0, 0.05) is 12.8 Å². The molecule has 2 atom stereocenters. The lowest BCUT2D eigenvalue weighted by atomic mass is 10.0. The van der Waals surface area contributed by atoms with E-state index in [-0.39, 0.29) is 32.0 Å². The number of esters is 2. The summed E-state index contributed by atoms with van der Waals surface area (Å²) < 4.78 is 34.8. The largest absolute Gasteiger partial charge is 0.472 e. The molecular weight excluding hydrogens is 1130 g/mol. The van der Waals surface area contributed by atoms with Crippen molar-refractivity contribution in [3.8, 4) is 0 Å². The van der Waals surface area contributed by atoms with Gasteiger partial charge in [-0.05, 0) is 109 Å². The molecule has 2 unspecified atom stereocenters. The maximum atomic E-state index is 12.9. The second-order valence-electron chi connectivity index (χ2n) is 25.6. The average Bonchev–Trinajstić information content (AvgIpc) is 3.58. The molecule has 1 N–H and O–H groups in total. The minimum atomic E-state index is -4.40. The predicted molar refractivity (Wildman–Crippen MR) is 390 cm³/mol. The second kappa shape index (κ2) is 69.5. The molecule has 516 valence electrons. The number of nitrogens with zero attached hydrogens (tertiary/aromatic N) is 1. The van der Waals surface area contributed by atoms with Gasteiger partial charge >= 0.3 is 19.8 Å². The number of rotatable bonds is 67. The monoisotopic (exact) mass is 1270 g/mol. The Bertz CT molecular complexity index is 1980. The van der Waals surface area contributed by atoms with Crippen LogP contribution in [0.3, 0.4) is 0 Å². The Kier molecular flexibility index (Phi) is 66.5. The maximum absolute atomic E-state index is 12.9. The number of unbranched alkanes of at least 4 members (excludes halogenated alkanes) is 31. The molecule has 0 rings (SSSR count). The van der Waals surface area contributed by atoms with Crippen molar-refractivity contribution in [1.29, 1.82) is 0 Å². The van der Waals surface area contributed by atoms with Crippen molar-refractivity contribution in [2.75, 3.05) is 47.5 Å². The summed E-state index contributed by atoms with van der Waals surface area (Å²) in [5.74, 6) is -0.797. The van der Waals surface area contributed by atoms with Crippen molar-refractivity contribution in [3.63, 3.8) is 0 Å². The Hall–Kier alpha value is -3.85. The molecule has 0 aromatic carbocycles. The van der Waals surface area contributed by atoms with E-state index in [0.717, 1.165) is 116 Å². The number of phosphoric ester groups is 1. The lowest BCUT2D eigenvalue weighted by molar-refractivity contribution is -0.870. The molecule has 0 heterocycles. The molecule has 0 spiro atoms. The summed E-state index contributed by atoms with van der Waals surface area (Å²) in [6, 6.07) is 0. The third-order valence-corrected chi connectivity index (χ3v) is 16.7. The number of quaternary nitrogens is 1. The van der Waals surface area contributed by atoms with Gasteiger partial charge in [0.25, 0.3) is 0 Å². The zero-order valence-electron chi connectivity index (χ0n) is 58.8. The zero-order valence-corrected chi connectivity index (χ0v) is 59.7. The van der Waals surface area contributed by atoms with E-state index in [0.29, 0.717) is 17.4 Å². The van der Waals surface area contributed by atoms with Crippen molar-refractivity contribution >= 4 is 19.8 Å². The molecule has 0 saturated carbocycles. The predicted octanol–water partition coefficient (Wildman–Crippen LogP) is 24.4. The Morgan fingerprint density at radius 1 is 0.344 bits per heavy atom. The van der Waals surface area contributed by atoms with Crippen LogP contribution in [0.2, 0.25) is 0 Å². The summed E-state index contributed by atoms with van der Waals surface area (Å²) in [6.07, 6.45) is 101. The molecule has 0 aliphatic carbocycles. The van der Waals surface area contributed by atoms with Crippen LogP contribution in [0.15, 0.2) is 134 Å². The van der Waals surface area contributed by atoms with Crippen LogP contribution in [0.5, 0.6) is 0 Å². The molecule has 0 aliphatic heterocycles. The first-order chi connectivity index (χ1) is 44.0. The number of likely N-dealkylation sites (N-methyl/N-ethyl adjacent to an activating group) is 1. The fraction of sp³-hybridized carbons (Fsp3) is 0.700. The van der Waals surface area contributed by atoms with E-state index in [4.69, 9.17) is 18.5 Å². The topological polar surface area (TPSA) is 108 Å². The number of allylic oxidation sites excluding steroid dienone is 22. The molecule has 0 saturated heterocycles. The normalized spacial score (nSPS) is 13.9. The van der Waals surface area contributed by atoms with E-state index in [9.17, 15) is 19.0 Å². The van der Waals surface area contributed by atoms with Gasteiger partial charge in [0.05, 0.1) is 27.7 Å². The van der Waals surface area contributed by atoms with Crippen molar-refractivity contribution < 1.29 is 42.1 Å². The van der Waals surface area contributed by atoms with Crippen LogP contribution in [0.25, 0.3) is 0 Å². The number of hydrogen-bond donors (Lipinski definition) is 1. The van der Waals surface area contributed by atoms with Gasteiger partial charge in [0.2, 0.25) is 0 Å². The first-order valence-electron chi connectivity index (χ1n) is 36.9. The lowest BCUT2D eigenvalue weighted by Crippen LogP contribution is -2.37. The number of hydrogen-bond acceptors (Lipinski definition) is 7. The SMILES string of the molecule is CC/C=C\C/C=C\C/C=C\C/C=C\C/C=C\C/C=C\CCCCCCCCCCCCC(=O)OC(COC(=O)CCCCCCCCCCCCCCCCCCCCCCC/C=C\C/C=C\C/C=C\C/C=C\C/C=C\CC)COP(=O)(O)OCC[N+](C)(C)C. The van der Waals surface area contributed by atoms with Gasteiger partial charge in [0.1, 0.15) is 19.8 Å². The van der Waals surface area contributed by atoms with Gasteiger partial charge in [-0.25, -0.2) is 4.57 Å². The number of carbonyl (C=O) groups excluding carboxylic acids is 2. The minimum Gasteiger partial charge on any atom is -0.462 e. The molecule has 0 radical (unpaired) electrons. The fourth-order valence-electron chi connectivity index (χ4n) is 10.1. The third-order valence-electron chi connectivity index (χ3n) is 15.7. The number of phosphoric acid groups is 1. The van der Waals surface area contributed by atoms with Crippen molar-refractivity contribution in [2.24, 2.45) is 0 Å². The quantitative estimate of drug-likeness (QED) is 0.0211. The van der Waals surface area contributed by atoms with Gasteiger partial charge in [-0.3, -0.25) is 18.6 Å². The van der Waals surface area contributed by atoms with Crippen LogP contribution in [0.4, 0.5) is 0 Å². The lowest BCUT2D eigenvalue weighted by Gasteiger charge is -2.24. The first-order valence-corrected chi connectivity index (χ1v) is 38.4. The van der Waals surface area contributed by atoms with Gasteiger partial charge in [0.15, 0.2) is 6.10 Å². The van der Waals surface area contributed by atoms with E-state index in [1.165, 1.54) is 161 Å². The first kappa shape index (κ1) is 86.2. The Morgan fingerprint density at radius 2 is 0.600 bits per heavy atom. The number of ether oxygens (including phenoxy) is 2. The molecule has 10 heteroatoms. The van der Waals surface area contributed by atoms with E-state index in [1.54, 1.807) is 0 Å². The van der Waals surface area contributed by atoms with E-state index in [1.807, 2.05) is 21.1 Å². The van der Waals surface area contributed by atoms with E-state index < -0.39 is 26.5 Å². The van der Waals surface area contributed by atoms with Crippen molar-refractivity contribution in [3.05, 3.63) is 134 Å². The highest BCUT2D eigenvalue weighted by molar-refractivity contribution is 7.47. The van der Waals surface area contributed by atoms with E-state index >= 15 is 0 Å². The molecule has 0 aromatic rings. The zero-order chi connectivity index (χ0) is 65.5. The average molecular weight is 1270 g/mol. The standard InChI is InChI=1S/C80H138NO8P/c1-6-8-10-12-14-16-18-20-22-24-26-28-30-32-34-36-37-38-39-40-41-42-43-45-46-48-50-52-54-56-58-60-62-64-66-68-70-72-79(82)86-76-78(77-88-90(84,85)87-75-74-81(3,4)5)89-80(83)73-71-69-67-65-63-61-59-57-55-53-51-49-47-44-35-33-31-29-27-25-23-21-19-17-15-13-11-9-7-2/h8-11,14-17,20-23,26-29,32-35,47,49,78H,6-7,12-13,18-19,24-25,30-31,36-46,48,50-77H2,1-5H3/p+1/b10-8-,11-9-,16-14-,17-15-,22-20-,23-21-,28-26-,29-27-,34-32-,35-33-,49-47-. The number of carbonyl (C=O) groups is 2.